The molecular weight excluding hydrogens is 90.1 g/mol. The second kappa shape index (κ2) is 2.26. The lowest BCUT2D eigenvalue weighted by Crippen LogP contribution is -2.53. The molecular formula is C4H13N3. The summed E-state index contributed by atoms with van der Waals surface area (Å²) in [6.45, 7) is 3.81. The largest absolute Gasteiger partial charge is 0.313 e. The quantitative estimate of drug-likeness (QED) is 0.251. The zero-order valence-corrected chi connectivity index (χ0v) is 4.86. The fourth-order valence-corrected chi connectivity index (χ4v) is 0.102. The van der Waals surface area contributed by atoms with Crippen LogP contribution in [0.5, 0.6) is 0 Å². The van der Waals surface area contributed by atoms with Crippen LogP contribution in [0.1, 0.15) is 20.3 Å². The van der Waals surface area contributed by atoms with Crippen molar-refractivity contribution in [3.05, 3.63) is 0 Å². The number of nitrogens with one attached hydrogen (secondary N) is 1. The first-order valence-corrected chi connectivity index (χ1v) is 2.39. The van der Waals surface area contributed by atoms with Gasteiger partial charge in [0.1, 0.15) is 0 Å². The van der Waals surface area contributed by atoms with E-state index in [0.717, 1.165) is 6.42 Å². The van der Waals surface area contributed by atoms with Crippen molar-refractivity contribution < 1.29 is 0 Å². The fourth-order valence-electron chi connectivity index (χ4n) is 0.102. The van der Waals surface area contributed by atoms with Gasteiger partial charge in [-0.3, -0.25) is 5.84 Å². The highest BCUT2D eigenvalue weighted by Crippen LogP contribution is 1.94. The number of rotatable bonds is 2. The van der Waals surface area contributed by atoms with Crippen LogP contribution in [0.15, 0.2) is 0 Å². The van der Waals surface area contributed by atoms with E-state index in [1.54, 1.807) is 0 Å². The second-order valence-electron chi connectivity index (χ2n) is 1.92. The molecule has 0 radical (unpaired) electrons. The smallest absolute Gasteiger partial charge is 0.0758 e. The molecule has 5 N–H and O–H groups in total. The van der Waals surface area contributed by atoms with Crippen molar-refractivity contribution in [3.8, 4) is 0 Å². The topological polar surface area (TPSA) is 64.1 Å². The summed E-state index contributed by atoms with van der Waals surface area (Å²) in [6.07, 6.45) is 0.837. The summed E-state index contributed by atoms with van der Waals surface area (Å²) < 4.78 is 0. The third-order valence-corrected chi connectivity index (χ3v) is 1.06. The van der Waals surface area contributed by atoms with E-state index in [-0.39, 0.29) is 5.66 Å². The lowest BCUT2D eigenvalue weighted by molar-refractivity contribution is 0.363. The van der Waals surface area contributed by atoms with Crippen LogP contribution < -0.4 is 17.0 Å². The van der Waals surface area contributed by atoms with Crippen LogP contribution in [0.25, 0.3) is 0 Å². The molecule has 0 aliphatic heterocycles. The molecule has 44 valence electrons. The van der Waals surface area contributed by atoms with Crippen LogP contribution >= 0.6 is 0 Å². The Bertz CT molecular complexity index is 44.9. The Labute approximate surface area is 44.0 Å². The molecule has 0 aromatic rings. The van der Waals surface area contributed by atoms with Gasteiger partial charge in [-0.2, -0.15) is 0 Å². The van der Waals surface area contributed by atoms with Gasteiger partial charge in [-0.25, -0.2) is 5.43 Å². The van der Waals surface area contributed by atoms with Crippen LogP contribution in [0.2, 0.25) is 0 Å². The SMILES string of the molecule is CCC(C)(N)NN. The first-order chi connectivity index (χ1) is 3.12. The Morgan fingerprint density at radius 2 is 2.14 bits per heavy atom. The number of nitrogens with two attached hydrogens (primary N) is 2. The van der Waals surface area contributed by atoms with Crippen molar-refractivity contribution in [2.45, 2.75) is 25.9 Å². The van der Waals surface area contributed by atoms with Crippen LogP contribution in [0.3, 0.4) is 0 Å². The van der Waals surface area contributed by atoms with Gasteiger partial charge in [0.05, 0.1) is 5.66 Å². The Morgan fingerprint density at radius 3 is 2.14 bits per heavy atom. The van der Waals surface area contributed by atoms with E-state index in [1.807, 2.05) is 13.8 Å². The van der Waals surface area contributed by atoms with E-state index in [4.69, 9.17) is 11.6 Å². The van der Waals surface area contributed by atoms with Gasteiger partial charge in [0, 0.05) is 0 Å². The highest BCUT2D eigenvalue weighted by molar-refractivity contribution is 4.67. The molecule has 0 bridgehead atoms. The van der Waals surface area contributed by atoms with Gasteiger partial charge >= 0.3 is 0 Å². The monoisotopic (exact) mass is 103 g/mol. The molecule has 0 aliphatic carbocycles. The van der Waals surface area contributed by atoms with Crippen LogP contribution in [0.4, 0.5) is 0 Å². The molecule has 0 saturated carbocycles. The number of hydrogen-bond acceptors (Lipinski definition) is 3. The second-order valence-corrected chi connectivity index (χ2v) is 1.92. The van der Waals surface area contributed by atoms with Gasteiger partial charge in [-0.05, 0) is 13.3 Å². The minimum Gasteiger partial charge on any atom is -0.313 e. The summed E-state index contributed by atoms with van der Waals surface area (Å²) in [5.41, 5.74) is 7.56. The van der Waals surface area contributed by atoms with E-state index < -0.39 is 0 Å². The third kappa shape index (κ3) is 2.56. The van der Waals surface area contributed by atoms with Crippen molar-refractivity contribution in [3.63, 3.8) is 0 Å². The van der Waals surface area contributed by atoms with Crippen LogP contribution in [-0.2, 0) is 0 Å². The van der Waals surface area contributed by atoms with Crippen molar-refractivity contribution in [2.75, 3.05) is 0 Å². The lowest BCUT2D eigenvalue weighted by Gasteiger charge is -2.20. The predicted molar refractivity (Wildman–Crippen MR) is 30.2 cm³/mol. The maximum atomic E-state index is 5.48. The fraction of sp³-hybridized carbons (Fsp3) is 1.00. The molecule has 0 rings (SSSR count). The average Bonchev–Trinajstić information content (AvgIpc) is 1.68. The van der Waals surface area contributed by atoms with Gasteiger partial charge in [-0.1, -0.05) is 6.92 Å². The van der Waals surface area contributed by atoms with E-state index in [9.17, 15) is 0 Å². The van der Waals surface area contributed by atoms with E-state index in [2.05, 4.69) is 5.43 Å². The highest BCUT2D eigenvalue weighted by Gasteiger charge is 2.09. The molecule has 3 heteroatoms. The van der Waals surface area contributed by atoms with E-state index >= 15 is 0 Å². The molecule has 1 unspecified atom stereocenters. The molecule has 0 saturated heterocycles. The molecule has 0 aromatic heterocycles. The van der Waals surface area contributed by atoms with Gasteiger partial charge < -0.3 is 5.73 Å². The van der Waals surface area contributed by atoms with Crippen molar-refractivity contribution in [1.82, 2.24) is 5.43 Å². The molecule has 0 fully saturated rings. The minimum absolute atomic E-state index is 0.389. The molecule has 0 amide bonds. The van der Waals surface area contributed by atoms with Crippen molar-refractivity contribution >= 4 is 0 Å². The Kier molecular flexibility index (Phi) is 2.22. The van der Waals surface area contributed by atoms with Crippen LogP contribution in [0, 0.1) is 0 Å². The molecule has 1 atom stereocenters. The van der Waals surface area contributed by atoms with Crippen molar-refractivity contribution in [1.29, 1.82) is 0 Å². The molecule has 0 aliphatic rings. The standard InChI is InChI=1S/C4H13N3/c1-3-4(2,5)7-6/h7H,3,5-6H2,1-2H3. The predicted octanol–water partition coefficient (Wildman–Crippen LogP) is -0.465. The molecule has 0 aromatic carbocycles. The normalized spacial score (nSPS) is 18.9. The molecule has 7 heavy (non-hydrogen) atoms. The zero-order valence-electron chi connectivity index (χ0n) is 4.86. The Balaban J connectivity index is 3.36. The lowest BCUT2D eigenvalue weighted by atomic mass is 10.2. The maximum Gasteiger partial charge on any atom is 0.0758 e. The Hall–Kier alpha value is -0.120. The Morgan fingerprint density at radius 1 is 1.71 bits per heavy atom. The first-order valence-electron chi connectivity index (χ1n) is 2.39. The van der Waals surface area contributed by atoms with Crippen molar-refractivity contribution in [2.24, 2.45) is 11.6 Å². The zero-order chi connectivity index (χ0) is 5.91. The summed E-state index contributed by atoms with van der Waals surface area (Å²) in [4.78, 5) is 0. The summed E-state index contributed by atoms with van der Waals surface area (Å²) in [7, 11) is 0. The highest BCUT2D eigenvalue weighted by atomic mass is 15.3. The summed E-state index contributed by atoms with van der Waals surface area (Å²) in [5.74, 6) is 5.04. The average molecular weight is 103 g/mol. The van der Waals surface area contributed by atoms with Crippen LogP contribution in [-0.4, -0.2) is 5.66 Å². The van der Waals surface area contributed by atoms with Gasteiger partial charge in [0.2, 0.25) is 0 Å². The summed E-state index contributed by atoms with van der Waals surface area (Å²) >= 11 is 0. The number of hydrazine groups is 1. The summed E-state index contributed by atoms with van der Waals surface area (Å²) in [6, 6.07) is 0. The van der Waals surface area contributed by atoms with E-state index in [0.29, 0.717) is 0 Å². The van der Waals surface area contributed by atoms with Gasteiger partial charge in [0.15, 0.2) is 0 Å². The molecule has 3 nitrogen and oxygen atoms in total. The first kappa shape index (κ1) is 6.88. The van der Waals surface area contributed by atoms with Gasteiger partial charge in [0.25, 0.3) is 0 Å². The molecule has 0 heterocycles. The number of hydrogen-bond donors (Lipinski definition) is 3. The van der Waals surface area contributed by atoms with Gasteiger partial charge in [-0.15, -0.1) is 0 Å². The maximum absolute atomic E-state index is 5.48. The van der Waals surface area contributed by atoms with E-state index in [1.165, 1.54) is 0 Å². The summed E-state index contributed by atoms with van der Waals surface area (Å²) in [5, 5.41) is 0. The minimum atomic E-state index is -0.389. The molecule has 0 spiro atoms. The third-order valence-electron chi connectivity index (χ3n) is 1.06.